The molecule has 0 saturated carbocycles. The molecular formula is C9H9N5O2S. The van der Waals surface area contributed by atoms with Gasteiger partial charge < -0.3 is 5.84 Å². The summed E-state index contributed by atoms with van der Waals surface area (Å²) in [4.78, 5) is 10.6. The van der Waals surface area contributed by atoms with E-state index in [2.05, 4.69) is 10.2 Å². The van der Waals surface area contributed by atoms with Crippen LogP contribution < -0.4 is 10.6 Å². The minimum absolute atomic E-state index is 0.0348. The summed E-state index contributed by atoms with van der Waals surface area (Å²) in [5, 5.41) is 19.2. The van der Waals surface area contributed by atoms with E-state index in [0.29, 0.717) is 10.5 Å². The van der Waals surface area contributed by atoms with Crippen LogP contribution in [-0.4, -0.2) is 14.7 Å². The highest BCUT2D eigenvalue weighted by atomic mass is 32.1. The molecule has 1 aromatic carbocycles. The minimum Gasteiger partial charge on any atom is -0.320 e. The van der Waals surface area contributed by atoms with Crippen molar-refractivity contribution in [1.29, 1.82) is 0 Å². The third kappa shape index (κ3) is 2.16. The van der Waals surface area contributed by atoms with Gasteiger partial charge in [0.25, 0.3) is 5.69 Å². The van der Waals surface area contributed by atoms with Crippen LogP contribution in [0.1, 0.15) is 5.01 Å². The maximum Gasteiger partial charge on any atom is 0.269 e. The van der Waals surface area contributed by atoms with Crippen molar-refractivity contribution in [2.45, 2.75) is 6.92 Å². The average molecular weight is 251 g/mol. The molecular weight excluding hydrogens is 242 g/mol. The highest BCUT2D eigenvalue weighted by Gasteiger charge is 2.07. The van der Waals surface area contributed by atoms with Gasteiger partial charge in [-0.3, -0.25) is 10.1 Å². The van der Waals surface area contributed by atoms with Crippen molar-refractivity contribution in [3.05, 3.63) is 44.2 Å². The Bertz CT molecular complexity index is 613. The fourth-order valence-corrected chi connectivity index (χ4v) is 2.02. The Labute approximate surface area is 100.0 Å². The zero-order valence-corrected chi connectivity index (χ0v) is 9.72. The first-order valence-corrected chi connectivity index (χ1v) is 5.49. The number of rotatable bonds is 2. The molecule has 0 aliphatic carbocycles. The van der Waals surface area contributed by atoms with Crippen LogP contribution in [0.15, 0.2) is 29.4 Å². The minimum atomic E-state index is -0.449. The second-order valence-electron chi connectivity index (χ2n) is 3.22. The monoisotopic (exact) mass is 251 g/mol. The number of nitro benzene ring substituents is 1. The van der Waals surface area contributed by atoms with Gasteiger partial charge in [-0.05, 0) is 19.1 Å². The van der Waals surface area contributed by atoms with E-state index in [1.165, 1.54) is 23.5 Å². The molecule has 2 N–H and O–H groups in total. The lowest BCUT2D eigenvalue weighted by Gasteiger charge is -1.99. The van der Waals surface area contributed by atoms with E-state index < -0.39 is 4.92 Å². The van der Waals surface area contributed by atoms with Gasteiger partial charge in [0.2, 0.25) is 4.80 Å². The molecule has 2 aromatic rings. The Morgan fingerprint density at radius 2 is 2.12 bits per heavy atom. The predicted molar refractivity (Wildman–Crippen MR) is 62.6 cm³/mol. The van der Waals surface area contributed by atoms with Crippen molar-refractivity contribution in [3.63, 3.8) is 0 Å². The van der Waals surface area contributed by atoms with Crippen molar-refractivity contribution in [1.82, 2.24) is 9.78 Å². The van der Waals surface area contributed by atoms with Gasteiger partial charge in [-0.1, -0.05) is 11.3 Å². The normalized spacial score (nSPS) is 11.7. The van der Waals surface area contributed by atoms with Crippen molar-refractivity contribution in [3.8, 4) is 5.69 Å². The Morgan fingerprint density at radius 1 is 1.47 bits per heavy atom. The molecule has 0 fully saturated rings. The molecule has 17 heavy (non-hydrogen) atoms. The van der Waals surface area contributed by atoms with Gasteiger partial charge in [0, 0.05) is 12.1 Å². The molecule has 2 rings (SSSR count). The van der Waals surface area contributed by atoms with E-state index in [0.717, 1.165) is 5.01 Å². The highest BCUT2D eigenvalue weighted by molar-refractivity contribution is 7.08. The quantitative estimate of drug-likeness (QED) is 0.487. The SMILES string of the molecule is Cc1nn(-c2ccc([N+](=O)[O-])cc2)c(=NN)s1. The van der Waals surface area contributed by atoms with E-state index in [9.17, 15) is 10.1 Å². The lowest BCUT2D eigenvalue weighted by atomic mass is 10.3. The zero-order chi connectivity index (χ0) is 12.4. The number of nitrogens with two attached hydrogens (primary N) is 1. The number of aryl methyl sites for hydroxylation is 1. The summed E-state index contributed by atoms with van der Waals surface area (Å²) in [5.74, 6) is 5.25. The number of hydrogen-bond acceptors (Lipinski definition) is 6. The molecule has 1 heterocycles. The summed E-state index contributed by atoms with van der Waals surface area (Å²) in [6, 6.07) is 6.03. The molecule has 0 unspecified atom stereocenters. The first-order chi connectivity index (χ1) is 8.11. The molecule has 0 aliphatic heterocycles. The molecule has 1 aromatic heterocycles. The summed E-state index contributed by atoms with van der Waals surface area (Å²) in [6.07, 6.45) is 0. The largest absolute Gasteiger partial charge is 0.320 e. The van der Waals surface area contributed by atoms with E-state index in [4.69, 9.17) is 5.84 Å². The lowest BCUT2D eigenvalue weighted by Crippen LogP contribution is -2.16. The average Bonchev–Trinajstić information content (AvgIpc) is 2.70. The maximum absolute atomic E-state index is 10.5. The topological polar surface area (TPSA) is 99.3 Å². The fourth-order valence-electron chi connectivity index (χ4n) is 1.34. The van der Waals surface area contributed by atoms with Crippen LogP contribution in [0.25, 0.3) is 5.69 Å². The molecule has 88 valence electrons. The van der Waals surface area contributed by atoms with Crippen molar-refractivity contribution in [2.24, 2.45) is 10.9 Å². The molecule has 0 aliphatic rings. The van der Waals surface area contributed by atoms with E-state index in [1.807, 2.05) is 6.92 Å². The summed E-state index contributed by atoms with van der Waals surface area (Å²) in [6.45, 7) is 1.83. The first-order valence-electron chi connectivity index (χ1n) is 4.67. The summed E-state index contributed by atoms with van der Waals surface area (Å²) >= 11 is 1.35. The van der Waals surface area contributed by atoms with Crippen LogP contribution in [0.4, 0.5) is 5.69 Å². The first kappa shape index (κ1) is 11.3. The lowest BCUT2D eigenvalue weighted by molar-refractivity contribution is -0.384. The second kappa shape index (κ2) is 4.34. The van der Waals surface area contributed by atoms with Crippen molar-refractivity contribution in [2.75, 3.05) is 0 Å². The van der Waals surface area contributed by atoms with Crippen LogP contribution in [0.2, 0.25) is 0 Å². The van der Waals surface area contributed by atoms with Crippen LogP contribution >= 0.6 is 11.3 Å². The molecule has 0 spiro atoms. The predicted octanol–water partition coefficient (Wildman–Crippen LogP) is 0.925. The van der Waals surface area contributed by atoms with Crippen molar-refractivity contribution < 1.29 is 4.92 Å². The third-order valence-corrected chi connectivity index (χ3v) is 2.91. The van der Waals surface area contributed by atoms with Crippen molar-refractivity contribution >= 4 is 17.0 Å². The number of nitrogens with zero attached hydrogens (tertiary/aromatic N) is 4. The van der Waals surface area contributed by atoms with Gasteiger partial charge >= 0.3 is 0 Å². The fraction of sp³-hybridized carbons (Fsp3) is 0.111. The summed E-state index contributed by atoms with van der Waals surface area (Å²) < 4.78 is 1.55. The Morgan fingerprint density at radius 3 is 2.65 bits per heavy atom. The van der Waals surface area contributed by atoms with E-state index >= 15 is 0 Å². The number of hydrogen-bond donors (Lipinski definition) is 1. The zero-order valence-electron chi connectivity index (χ0n) is 8.90. The van der Waals surface area contributed by atoms with Crippen LogP contribution in [0, 0.1) is 17.0 Å². The summed E-state index contributed by atoms with van der Waals surface area (Å²) in [7, 11) is 0. The smallest absolute Gasteiger partial charge is 0.269 e. The Balaban J connectivity index is 2.50. The van der Waals surface area contributed by atoms with E-state index in [1.54, 1.807) is 16.8 Å². The molecule has 0 bridgehead atoms. The number of benzene rings is 1. The van der Waals surface area contributed by atoms with Gasteiger partial charge in [-0.2, -0.15) is 10.2 Å². The van der Waals surface area contributed by atoms with Gasteiger partial charge in [0.15, 0.2) is 0 Å². The van der Waals surface area contributed by atoms with Gasteiger partial charge in [0.05, 0.1) is 10.6 Å². The third-order valence-electron chi connectivity index (χ3n) is 2.08. The number of aromatic nitrogens is 2. The number of non-ortho nitro benzene ring substituents is 1. The Kier molecular flexibility index (Phi) is 2.88. The molecule has 7 nitrogen and oxygen atoms in total. The summed E-state index contributed by atoms with van der Waals surface area (Å²) in [5.41, 5.74) is 0.719. The number of nitro groups is 1. The molecule has 0 radical (unpaired) electrons. The second-order valence-corrected chi connectivity index (χ2v) is 4.38. The molecule has 8 heteroatoms. The maximum atomic E-state index is 10.5. The van der Waals surface area contributed by atoms with Crippen LogP contribution in [0.5, 0.6) is 0 Å². The molecule has 0 amide bonds. The van der Waals surface area contributed by atoms with Gasteiger partial charge in [-0.15, -0.1) is 0 Å². The van der Waals surface area contributed by atoms with Gasteiger partial charge in [-0.25, -0.2) is 4.68 Å². The molecule has 0 atom stereocenters. The van der Waals surface area contributed by atoms with Crippen LogP contribution in [0.3, 0.4) is 0 Å². The highest BCUT2D eigenvalue weighted by Crippen LogP contribution is 2.14. The Hall–Kier alpha value is -2.22. The van der Waals surface area contributed by atoms with Gasteiger partial charge in [0.1, 0.15) is 5.01 Å². The molecule has 0 saturated heterocycles. The standard InChI is InChI=1S/C9H9N5O2S/c1-6-12-13(9(11-10)17-6)7-2-4-8(5-3-7)14(15)16/h2-5H,10H2,1H3. The van der Waals surface area contributed by atoms with Crippen LogP contribution in [-0.2, 0) is 0 Å². The van der Waals surface area contributed by atoms with E-state index in [-0.39, 0.29) is 5.69 Å².